The fourth-order valence-electron chi connectivity index (χ4n) is 3.43. The molecule has 0 saturated heterocycles. The van der Waals surface area contributed by atoms with Crippen LogP contribution in [0.3, 0.4) is 0 Å². The van der Waals surface area contributed by atoms with Crippen molar-refractivity contribution in [2.45, 2.75) is 12.3 Å². The summed E-state index contributed by atoms with van der Waals surface area (Å²) in [6, 6.07) is 21.3. The average Bonchev–Trinajstić information content (AvgIpc) is 2.75. The first-order valence-corrected chi connectivity index (χ1v) is 10.1. The predicted molar refractivity (Wildman–Crippen MR) is 118 cm³/mol. The van der Waals surface area contributed by atoms with E-state index < -0.39 is 11.9 Å². The number of rotatable bonds is 4. The Labute approximate surface area is 189 Å². The van der Waals surface area contributed by atoms with E-state index in [9.17, 15) is 10.1 Å². The summed E-state index contributed by atoms with van der Waals surface area (Å²) in [4.78, 5) is 12.3. The largest absolute Gasteiger partial charge is 0.440 e. The van der Waals surface area contributed by atoms with Crippen molar-refractivity contribution in [2.24, 2.45) is 5.73 Å². The summed E-state index contributed by atoms with van der Waals surface area (Å²) < 4.78 is 11.1. The lowest BCUT2D eigenvalue weighted by atomic mass is 9.83. The molecule has 1 aliphatic rings. The van der Waals surface area contributed by atoms with Crippen LogP contribution in [0.1, 0.15) is 22.6 Å². The van der Waals surface area contributed by atoms with Gasteiger partial charge in [0.05, 0.1) is 12.3 Å². The van der Waals surface area contributed by atoms with Crippen LogP contribution in [-0.4, -0.2) is 5.97 Å². The molecule has 31 heavy (non-hydrogen) atoms. The molecule has 5 nitrogen and oxygen atoms in total. The molecule has 2 N–H and O–H groups in total. The summed E-state index contributed by atoms with van der Waals surface area (Å²) in [7, 11) is 0. The number of ether oxygens (including phenoxy) is 2. The van der Waals surface area contributed by atoms with Gasteiger partial charge in [-0.15, -0.1) is 0 Å². The minimum atomic E-state index is -0.423. The van der Waals surface area contributed by atoms with Gasteiger partial charge in [0, 0.05) is 21.7 Å². The third kappa shape index (κ3) is 4.51. The van der Waals surface area contributed by atoms with E-state index in [1.807, 2.05) is 12.1 Å². The summed E-state index contributed by atoms with van der Waals surface area (Å²) in [6.07, 6.45) is 0.100. The molecule has 0 aromatic heterocycles. The van der Waals surface area contributed by atoms with E-state index in [2.05, 4.69) is 6.07 Å². The van der Waals surface area contributed by atoms with Crippen LogP contribution in [0.25, 0.3) is 0 Å². The van der Waals surface area contributed by atoms with E-state index in [4.69, 9.17) is 38.4 Å². The maximum absolute atomic E-state index is 12.3. The van der Waals surface area contributed by atoms with Crippen LogP contribution in [0, 0.1) is 11.3 Å². The van der Waals surface area contributed by atoms with Crippen molar-refractivity contribution < 1.29 is 14.3 Å². The number of esters is 1. The summed E-state index contributed by atoms with van der Waals surface area (Å²) in [6.45, 7) is 0. The number of carbonyl (C=O) groups is 1. The monoisotopic (exact) mass is 450 g/mol. The fraction of sp³-hybridized carbons (Fsp3) is 0.0833. The van der Waals surface area contributed by atoms with Gasteiger partial charge in [0.15, 0.2) is 0 Å². The van der Waals surface area contributed by atoms with Crippen molar-refractivity contribution in [3.05, 3.63) is 105 Å². The second-order valence-corrected chi connectivity index (χ2v) is 7.83. The number of nitrogens with zero attached hydrogens (tertiary/aromatic N) is 1. The third-order valence-electron chi connectivity index (χ3n) is 4.89. The summed E-state index contributed by atoms with van der Waals surface area (Å²) >= 11 is 11.9. The maximum Gasteiger partial charge on any atom is 0.315 e. The highest BCUT2D eigenvalue weighted by molar-refractivity contribution is 6.30. The number of nitrogens with two attached hydrogens (primary N) is 1. The van der Waals surface area contributed by atoms with E-state index in [1.54, 1.807) is 54.6 Å². The highest BCUT2D eigenvalue weighted by Gasteiger charge is 2.31. The molecule has 154 valence electrons. The number of halogens is 2. The Kier molecular flexibility index (Phi) is 5.85. The highest BCUT2D eigenvalue weighted by Crippen LogP contribution is 2.43. The van der Waals surface area contributed by atoms with Crippen LogP contribution >= 0.6 is 23.2 Å². The molecule has 0 radical (unpaired) electrons. The van der Waals surface area contributed by atoms with Crippen molar-refractivity contribution in [2.75, 3.05) is 0 Å². The van der Waals surface area contributed by atoms with Crippen LogP contribution in [0.2, 0.25) is 10.0 Å². The molecule has 0 spiro atoms. The Morgan fingerprint density at radius 1 is 1.03 bits per heavy atom. The Morgan fingerprint density at radius 3 is 2.32 bits per heavy atom. The smallest absolute Gasteiger partial charge is 0.315 e. The van der Waals surface area contributed by atoms with E-state index >= 15 is 0 Å². The molecule has 0 bridgehead atoms. The zero-order valence-corrected chi connectivity index (χ0v) is 17.7. The molecule has 0 fully saturated rings. The van der Waals surface area contributed by atoms with E-state index in [0.29, 0.717) is 27.1 Å². The Bertz CT molecular complexity index is 1210. The van der Waals surface area contributed by atoms with Gasteiger partial charge in [0.25, 0.3) is 0 Å². The van der Waals surface area contributed by atoms with Gasteiger partial charge in [-0.2, -0.15) is 5.26 Å². The number of allylic oxidation sites excluding steroid dienone is 1. The Balaban J connectivity index is 1.60. The molecule has 4 rings (SSSR count). The third-order valence-corrected chi connectivity index (χ3v) is 5.39. The normalized spacial score (nSPS) is 14.9. The average molecular weight is 451 g/mol. The van der Waals surface area contributed by atoms with Crippen molar-refractivity contribution >= 4 is 29.2 Å². The number of hydrogen-bond acceptors (Lipinski definition) is 5. The number of fused-ring (bicyclic) bond motifs is 1. The van der Waals surface area contributed by atoms with Crippen LogP contribution in [0.4, 0.5) is 0 Å². The van der Waals surface area contributed by atoms with E-state index in [-0.39, 0.29) is 12.3 Å². The molecular formula is C24H16Cl2N2O3. The lowest BCUT2D eigenvalue weighted by molar-refractivity contribution is -0.133. The molecule has 0 amide bonds. The summed E-state index contributed by atoms with van der Waals surface area (Å²) in [5, 5.41) is 10.8. The standard InChI is InChI=1S/C24H16Cl2N2O3/c25-16-5-1-14(2-6-16)11-22(29)30-18-9-10-19-21(12-18)31-24(28)20(13-27)23(19)15-3-7-17(26)8-4-15/h1-10,12,23H,11,28H2. The molecule has 7 heteroatoms. The first-order chi connectivity index (χ1) is 14.9. The van der Waals surface area contributed by atoms with Crippen LogP contribution in [-0.2, 0) is 11.2 Å². The van der Waals surface area contributed by atoms with Gasteiger partial charge in [-0.25, -0.2) is 0 Å². The van der Waals surface area contributed by atoms with Gasteiger partial charge in [0.1, 0.15) is 23.1 Å². The molecule has 1 heterocycles. The van der Waals surface area contributed by atoms with Gasteiger partial charge < -0.3 is 15.2 Å². The number of hydrogen-bond donors (Lipinski definition) is 1. The Hall–Kier alpha value is -3.46. The maximum atomic E-state index is 12.3. The molecule has 3 aromatic carbocycles. The lowest BCUT2D eigenvalue weighted by Crippen LogP contribution is -2.21. The molecule has 3 aromatic rings. The van der Waals surface area contributed by atoms with Crippen LogP contribution < -0.4 is 15.2 Å². The minimum absolute atomic E-state index is 0.0135. The number of benzene rings is 3. The highest BCUT2D eigenvalue weighted by atomic mass is 35.5. The van der Waals surface area contributed by atoms with Crippen molar-refractivity contribution in [1.29, 1.82) is 5.26 Å². The van der Waals surface area contributed by atoms with Gasteiger partial charge in [0.2, 0.25) is 5.88 Å². The van der Waals surface area contributed by atoms with Crippen molar-refractivity contribution in [3.63, 3.8) is 0 Å². The molecule has 1 unspecified atom stereocenters. The van der Waals surface area contributed by atoms with Crippen molar-refractivity contribution in [3.8, 4) is 17.6 Å². The van der Waals surface area contributed by atoms with Crippen LogP contribution in [0.15, 0.2) is 78.2 Å². The Morgan fingerprint density at radius 2 is 1.68 bits per heavy atom. The fourth-order valence-corrected chi connectivity index (χ4v) is 3.69. The first kappa shape index (κ1) is 20.8. The van der Waals surface area contributed by atoms with Gasteiger partial charge in [-0.05, 0) is 41.5 Å². The molecule has 0 saturated carbocycles. The number of carbonyl (C=O) groups excluding carboxylic acids is 1. The molecule has 1 atom stereocenters. The molecular weight excluding hydrogens is 435 g/mol. The predicted octanol–water partition coefficient (Wildman–Crippen LogP) is 5.36. The topological polar surface area (TPSA) is 85.3 Å². The molecule has 1 aliphatic heterocycles. The van der Waals surface area contributed by atoms with Gasteiger partial charge >= 0.3 is 5.97 Å². The lowest BCUT2D eigenvalue weighted by Gasteiger charge is -2.26. The second-order valence-electron chi connectivity index (χ2n) is 6.95. The first-order valence-electron chi connectivity index (χ1n) is 9.36. The van der Waals surface area contributed by atoms with E-state index in [0.717, 1.165) is 16.7 Å². The quantitative estimate of drug-likeness (QED) is 0.427. The SMILES string of the molecule is N#CC1=C(N)Oc2cc(OC(=O)Cc3ccc(Cl)cc3)ccc2C1c1ccc(Cl)cc1. The minimum Gasteiger partial charge on any atom is -0.440 e. The second kappa shape index (κ2) is 8.73. The van der Waals surface area contributed by atoms with Gasteiger partial charge in [-0.3, -0.25) is 4.79 Å². The van der Waals surface area contributed by atoms with E-state index in [1.165, 1.54) is 0 Å². The van der Waals surface area contributed by atoms with Crippen molar-refractivity contribution in [1.82, 2.24) is 0 Å². The van der Waals surface area contributed by atoms with Crippen LogP contribution in [0.5, 0.6) is 11.5 Å². The number of nitriles is 1. The molecule has 0 aliphatic carbocycles. The summed E-state index contributed by atoms with van der Waals surface area (Å²) in [5.74, 6) is -0.0768. The zero-order valence-electron chi connectivity index (χ0n) is 16.1. The van der Waals surface area contributed by atoms with Gasteiger partial charge in [-0.1, -0.05) is 53.5 Å². The zero-order chi connectivity index (χ0) is 22.0. The summed E-state index contributed by atoms with van der Waals surface area (Å²) in [5.41, 5.74) is 8.70.